The molecule has 3 heterocycles. The Morgan fingerprint density at radius 3 is 2.72 bits per heavy atom. The van der Waals surface area contributed by atoms with Gasteiger partial charge in [-0.15, -0.1) is 11.8 Å². The number of carbonyl (C=O) groups excluding carboxylic acids is 2. The molecule has 1 aromatic rings. The molecule has 0 radical (unpaired) electrons. The van der Waals surface area contributed by atoms with Crippen LogP contribution in [0.2, 0.25) is 0 Å². The Balaban J connectivity index is 1.70. The number of hydrogen-bond acceptors (Lipinski definition) is 8. The van der Waals surface area contributed by atoms with Crippen molar-refractivity contribution in [2.75, 3.05) is 18.9 Å². The second kappa shape index (κ2) is 8.96. The van der Waals surface area contributed by atoms with Gasteiger partial charge in [0.15, 0.2) is 0 Å². The average molecular weight is 423 g/mol. The lowest BCUT2D eigenvalue weighted by molar-refractivity contribution is -0.137. The third-order valence-corrected chi connectivity index (χ3v) is 5.84. The Kier molecular flexibility index (Phi) is 6.59. The van der Waals surface area contributed by atoms with E-state index in [2.05, 4.69) is 16.8 Å². The van der Waals surface area contributed by atoms with E-state index in [1.807, 2.05) is 0 Å². The fourth-order valence-corrected chi connectivity index (χ4v) is 4.11. The van der Waals surface area contributed by atoms with E-state index in [9.17, 15) is 24.3 Å². The first-order chi connectivity index (χ1) is 13.8. The number of aliphatic hydroxyl groups is 2. The summed E-state index contributed by atoms with van der Waals surface area (Å²) in [5.41, 5.74) is -1.34. The van der Waals surface area contributed by atoms with Crippen LogP contribution >= 0.6 is 11.8 Å². The van der Waals surface area contributed by atoms with Gasteiger partial charge in [-0.25, -0.2) is 4.79 Å². The topological polar surface area (TPSA) is 142 Å². The maximum atomic E-state index is 12.1. The second-order valence-electron chi connectivity index (χ2n) is 6.61. The zero-order valence-corrected chi connectivity index (χ0v) is 16.5. The molecular formula is C18H21N3O7S. The van der Waals surface area contributed by atoms with E-state index >= 15 is 0 Å². The van der Waals surface area contributed by atoms with Gasteiger partial charge in [-0.05, 0) is 6.92 Å². The van der Waals surface area contributed by atoms with Gasteiger partial charge in [0.1, 0.15) is 17.9 Å². The van der Waals surface area contributed by atoms with Crippen molar-refractivity contribution < 1.29 is 24.5 Å². The highest BCUT2D eigenvalue weighted by Gasteiger charge is 2.37. The van der Waals surface area contributed by atoms with Crippen LogP contribution in [-0.2, 0) is 14.3 Å². The lowest BCUT2D eigenvalue weighted by Gasteiger charge is -2.14. The molecule has 0 saturated carbocycles. The molecule has 0 spiro atoms. The van der Waals surface area contributed by atoms with E-state index in [0.717, 1.165) is 4.57 Å². The summed E-state index contributed by atoms with van der Waals surface area (Å²) in [4.78, 5) is 51.2. The van der Waals surface area contributed by atoms with Gasteiger partial charge in [-0.3, -0.25) is 28.8 Å². The van der Waals surface area contributed by atoms with Gasteiger partial charge in [-0.2, -0.15) is 0 Å². The SMILES string of the molecule is CCN1C(=O)C[C@H](SCC#Cc2cn([C@H]3C[C@H](O)[C@@H](CO)O3)c(=O)[nH]c2=O)C1=O. The van der Waals surface area contributed by atoms with Crippen molar-refractivity contribution in [2.24, 2.45) is 0 Å². The van der Waals surface area contributed by atoms with Crippen LogP contribution in [0, 0.1) is 11.8 Å². The van der Waals surface area contributed by atoms with Crippen LogP contribution in [0.25, 0.3) is 0 Å². The molecule has 1 aromatic heterocycles. The molecule has 3 rings (SSSR count). The fourth-order valence-electron chi connectivity index (χ4n) is 3.23. The highest BCUT2D eigenvalue weighted by atomic mass is 32.2. The molecule has 11 heteroatoms. The molecule has 0 aliphatic carbocycles. The van der Waals surface area contributed by atoms with Crippen LogP contribution in [0.15, 0.2) is 15.8 Å². The minimum Gasteiger partial charge on any atom is -0.394 e. The van der Waals surface area contributed by atoms with E-state index < -0.39 is 41.5 Å². The minimum absolute atomic E-state index is 0.0275. The van der Waals surface area contributed by atoms with E-state index in [1.54, 1.807) is 6.92 Å². The summed E-state index contributed by atoms with van der Waals surface area (Å²) in [6.07, 6.45) is -1.09. The first kappa shape index (κ1) is 21.3. The number of amides is 2. The van der Waals surface area contributed by atoms with Crippen molar-refractivity contribution in [3.05, 3.63) is 32.6 Å². The van der Waals surface area contributed by atoms with Gasteiger partial charge in [0.25, 0.3) is 5.56 Å². The smallest absolute Gasteiger partial charge is 0.330 e. The van der Waals surface area contributed by atoms with Crippen LogP contribution in [0.3, 0.4) is 0 Å². The monoisotopic (exact) mass is 423 g/mol. The van der Waals surface area contributed by atoms with Gasteiger partial charge in [0, 0.05) is 25.6 Å². The Morgan fingerprint density at radius 2 is 2.10 bits per heavy atom. The van der Waals surface area contributed by atoms with E-state index in [1.165, 1.54) is 22.9 Å². The zero-order chi connectivity index (χ0) is 21.1. The number of rotatable bonds is 5. The number of aromatic nitrogens is 2. The van der Waals surface area contributed by atoms with Crippen molar-refractivity contribution >= 4 is 23.6 Å². The molecule has 0 unspecified atom stereocenters. The fraction of sp³-hybridized carbons (Fsp3) is 0.556. The van der Waals surface area contributed by atoms with E-state index in [-0.39, 0.29) is 36.0 Å². The summed E-state index contributed by atoms with van der Waals surface area (Å²) in [7, 11) is 0. The van der Waals surface area contributed by atoms with Crippen LogP contribution in [0.5, 0.6) is 0 Å². The van der Waals surface area contributed by atoms with Crippen molar-refractivity contribution in [3.8, 4) is 11.8 Å². The summed E-state index contributed by atoms with van der Waals surface area (Å²) < 4.78 is 6.56. The Morgan fingerprint density at radius 1 is 1.34 bits per heavy atom. The van der Waals surface area contributed by atoms with Gasteiger partial charge < -0.3 is 14.9 Å². The largest absolute Gasteiger partial charge is 0.394 e. The van der Waals surface area contributed by atoms with Crippen molar-refractivity contribution in [3.63, 3.8) is 0 Å². The maximum absolute atomic E-state index is 12.1. The number of likely N-dealkylation sites (tertiary alicyclic amines) is 1. The van der Waals surface area contributed by atoms with E-state index in [4.69, 9.17) is 9.84 Å². The Hall–Kier alpha value is -2.39. The third-order valence-electron chi connectivity index (χ3n) is 4.76. The summed E-state index contributed by atoms with van der Waals surface area (Å²) >= 11 is 1.22. The van der Waals surface area contributed by atoms with Crippen molar-refractivity contribution in [1.29, 1.82) is 0 Å². The first-order valence-electron chi connectivity index (χ1n) is 9.10. The first-order valence-corrected chi connectivity index (χ1v) is 10.1. The molecule has 0 aromatic carbocycles. The normalized spacial score (nSPS) is 26.7. The highest BCUT2D eigenvalue weighted by Crippen LogP contribution is 2.27. The number of nitrogens with one attached hydrogen (secondary N) is 1. The van der Waals surface area contributed by atoms with Crippen LogP contribution in [0.4, 0.5) is 0 Å². The summed E-state index contributed by atoms with van der Waals surface area (Å²) in [6.45, 7) is 1.68. The number of H-pyrrole nitrogens is 1. The molecule has 4 atom stereocenters. The number of ether oxygens (including phenoxy) is 1. The molecule has 0 bridgehead atoms. The molecular weight excluding hydrogens is 402 g/mol. The number of aromatic amines is 1. The Labute approximate surface area is 169 Å². The minimum atomic E-state index is -0.927. The molecule has 3 N–H and O–H groups in total. The number of nitrogens with zero attached hydrogens (tertiary/aromatic N) is 2. The summed E-state index contributed by atoms with van der Waals surface area (Å²) in [6, 6.07) is 0. The van der Waals surface area contributed by atoms with Crippen molar-refractivity contribution in [2.45, 2.75) is 43.5 Å². The average Bonchev–Trinajstić information content (AvgIpc) is 3.18. The molecule has 29 heavy (non-hydrogen) atoms. The molecule has 2 fully saturated rings. The molecule has 2 amide bonds. The van der Waals surface area contributed by atoms with Gasteiger partial charge >= 0.3 is 5.69 Å². The third kappa shape index (κ3) is 4.45. The quantitative estimate of drug-likeness (QED) is 0.380. The zero-order valence-electron chi connectivity index (χ0n) is 15.7. The van der Waals surface area contributed by atoms with Crippen LogP contribution in [-0.4, -0.2) is 72.8 Å². The summed E-state index contributed by atoms with van der Waals surface area (Å²) in [5, 5.41) is 18.5. The Bertz CT molecular complexity index is 976. The predicted molar refractivity (Wildman–Crippen MR) is 103 cm³/mol. The summed E-state index contributed by atoms with van der Waals surface area (Å²) in [5.74, 6) is 5.23. The molecule has 2 saturated heterocycles. The predicted octanol–water partition coefficient (Wildman–Crippen LogP) is -1.59. The number of imide groups is 1. The van der Waals surface area contributed by atoms with Gasteiger partial charge in [0.05, 0.1) is 23.7 Å². The second-order valence-corrected chi connectivity index (χ2v) is 7.80. The van der Waals surface area contributed by atoms with Gasteiger partial charge in [0.2, 0.25) is 11.8 Å². The molecule has 156 valence electrons. The van der Waals surface area contributed by atoms with Crippen LogP contribution < -0.4 is 11.2 Å². The number of aliphatic hydroxyl groups excluding tert-OH is 2. The van der Waals surface area contributed by atoms with Crippen molar-refractivity contribution in [1.82, 2.24) is 14.5 Å². The van der Waals surface area contributed by atoms with Crippen LogP contribution in [0.1, 0.15) is 31.6 Å². The number of thioether (sulfide) groups is 1. The van der Waals surface area contributed by atoms with E-state index in [0.29, 0.717) is 6.54 Å². The number of hydrogen-bond donors (Lipinski definition) is 3. The molecule has 2 aliphatic rings. The maximum Gasteiger partial charge on any atom is 0.330 e. The standard InChI is InChI=1S/C18H21N3O7S/c1-2-20-14(24)7-13(17(20)26)29-5-3-4-10-8-21(18(27)19-16(10)25)15-6-11(23)12(9-22)28-15/h8,11-13,15,22-23H,2,5-7,9H2,1H3,(H,19,25,27)/t11-,12+,13-,15+/m0/s1. The molecule has 10 nitrogen and oxygen atoms in total. The molecule has 2 aliphatic heterocycles. The highest BCUT2D eigenvalue weighted by molar-refractivity contribution is 8.00. The lowest BCUT2D eigenvalue weighted by atomic mass is 10.2. The lowest BCUT2D eigenvalue weighted by Crippen LogP contribution is -2.33. The number of carbonyl (C=O) groups is 2. The van der Waals surface area contributed by atoms with Gasteiger partial charge in [-0.1, -0.05) is 11.8 Å².